The summed E-state index contributed by atoms with van der Waals surface area (Å²) in [5.74, 6) is 0.929. The summed E-state index contributed by atoms with van der Waals surface area (Å²) in [4.78, 5) is 11.7. The first-order valence-electron chi connectivity index (χ1n) is 7.81. The van der Waals surface area contributed by atoms with E-state index in [0.717, 1.165) is 29.7 Å². The zero-order valence-corrected chi connectivity index (χ0v) is 13.3. The van der Waals surface area contributed by atoms with Gasteiger partial charge in [-0.3, -0.25) is 0 Å². The van der Waals surface area contributed by atoms with Crippen LogP contribution in [0.5, 0.6) is 5.75 Å². The number of nitrogens with one attached hydrogen (secondary N) is 2. The summed E-state index contributed by atoms with van der Waals surface area (Å²) in [5.41, 5.74) is 3.53. The second-order valence-electron chi connectivity index (χ2n) is 5.96. The van der Waals surface area contributed by atoms with Crippen LogP contribution in [-0.2, 0) is 0 Å². The van der Waals surface area contributed by atoms with Gasteiger partial charge in [0.25, 0.3) is 0 Å². The molecule has 1 aliphatic rings. The third-order valence-corrected chi connectivity index (χ3v) is 3.93. The minimum atomic E-state index is -0.0807. The van der Waals surface area contributed by atoms with E-state index in [1.807, 2.05) is 0 Å². The lowest BCUT2D eigenvalue weighted by molar-refractivity contribution is 0.232. The number of urea groups is 1. The Morgan fingerprint density at radius 3 is 2.43 bits per heavy atom. The molecule has 1 saturated carbocycles. The fourth-order valence-electron chi connectivity index (χ4n) is 3.02. The molecule has 2 amide bonds. The van der Waals surface area contributed by atoms with Gasteiger partial charge in [-0.1, -0.05) is 30.5 Å². The lowest BCUT2D eigenvalue weighted by atomic mass is 10.1. The Morgan fingerprint density at radius 2 is 1.81 bits per heavy atom. The van der Waals surface area contributed by atoms with Crippen LogP contribution < -0.4 is 15.4 Å². The molecule has 116 valence electrons. The second kappa shape index (κ2) is 7.34. The normalized spacial score (nSPS) is 15.0. The Hall–Kier alpha value is -1.71. The third-order valence-electron chi connectivity index (χ3n) is 3.93. The molecular weight excluding hydrogens is 264 g/mol. The Bertz CT molecular complexity index is 471. The minimum Gasteiger partial charge on any atom is -0.491 e. The number of amides is 2. The Balaban J connectivity index is 1.71. The van der Waals surface area contributed by atoms with E-state index in [9.17, 15) is 4.79 Å². The van der Waals surface area contributed by atoms with Crippen molar-refractivity contribution in [2.24, 2.45) is 0 Å². The number of carbonyl (C=O) groups excluding carboxylic acids is 1. The van der Waals surface area contributed by atoms with Gasteiger partial charge < -0.3 is 15.4 Å². The highest BCUT2D eigenvalue weighted by atomic mass is 16.5. The van der Waals surface area contributed by atoms with Crippen molar-refractivity contribution in [1.29, 1.82) is 0 Å². The maximum atomic E-state index is 11.7. The van der Waals surface area contributed by atoms with Gasteiger partial charge in [-0.25, -0.2) is 4.79 Å². The fraction of sp³-hybridized carbons (Fsp3) is 0.588. The molecule has 1 aromatic carbocycles. The van der Waals surface area contributed by atoms with Crippen molar-refractivity contribution < 1.29 is 9.53 Å². The van der Waals surface area contributed by atoms with Gasteiger partial charge in [0.05, 0.1) is 6.54 Å². The zero-order chi connectivity index (χ0) is 15.2. The van der Waals surface area contributed by atoms with Gasteiger partial charge in [-0.05, 0) is 44.7 Å². The van der Waals surface area contributed by atoms with Crippen molar-refractivity contribution in [2.75, 3.05) is 13.2 Å². The fourth-order valence-corrected chi connectivity index (χ4v) is 3.02. The molecule has 21 heavy (non-hydrogen) atoms. The average molecular weight is 290 g/mol. The topological polar surface area (TPSA) is 50.4 Å². The van der Waals surface area contributed by atoms with E-state index in [1.165, 1.54) is 18.4 Å². The van der Waals surface area contributed by atoms with E-state index >= 15 is 0 Å². The molecule has 1 fully saturated rings. The summed E-state index contributed by atoms with van der Waals surface area (Å²) < 4.78 is 5.80. The molecule has 0 heterocycles. The van der Waals surface area contributed by atoms with Gasteiger partial charge in [-0.2, -0.15) is 0 Å². The monoisotopic (exact) mass is 290 g/mol. The predicted molar refractivity (Wildman–Crippen MR) is 84.9 cm³/mol. The number of hydrogen-bond acceptors (Lipinski definition) is 2. The van der Waals surface area contributed by atoms with E-state index in [-0.39, 0.29) is 6.03 Å². The standard InChI is InChI=1S/C17H26N2O2/c1-12-10-13(2)16(14(3)11-12)21-9-8-18-17(20)19-15-6-4-5-7-15/h10-11,15H,4-9H2,1-3H3,(H2,18,19,20). The van der Waals surface area contributed by atoms with Crippen LogP contribution in [0.4, 0.5) is 4.79 Å². The lowest BCUT2D eigenvalue weighted by Crippen LogP contribution is -2.42. The van der Waals surface area contributed by atoms with Crippen LogP contribution in [0.3, 0.4) is 0 Å². The minimum absolute atomic E-state index is 0.0807. The van der Waals surface area contributed by atoms with E-state index in [0.29, 0.717) is 19.2 Å². The summed E-state index contributed by atoms with van der Waals surface area (Å²) in [6, 6.07) is 4.50. The van der Waals surface area contributed by atoms with E-state index in [1.54, 1.807) is 0 Å². The molecule has 0 spiro atoms. The Kier molecular flexibility index (Phi) is 5.48. The van der Waals surface area contributed by atoms with Crippen LogP contribution in [0.25, 0.3) is 0 Å². The molecule has 0 atom stereocenters. The van der Waals surface area contributed by atoms with Gasteiger partial charge >= 0.3 is 6.03 Å². The number of benzene rings is 1. The zero-order valence-electron chi connectivity index (χ0n) is 13.3. The molecule has 0 unspecified atom stereocenters. The van der Waals surface area contributed by atoms with Gasteiger partial charge in [0, 0.05) is 6.04 Å². The Labute approximate surface area is 127 Å². The first kappa shape index (κ1) is 15.7. The number of hydrogen-bond donors (Lipinski definition) is 2. The number of aryl methyl sites for hydroxylation is 3. The molecule has 1 aliphatic carbocycles. The molecule has 0 bridgehead atoms. The van der Waals surface area contributed by atoms with Crippen molar-refractivity contribution in [2.45, 2.75) is 52.5 Å². The van der Waals surface area contributed by atoms with Crippen molar-refractivity contribution in [3.63, 3.8) is 0 Å². The maximum Gasteiger partial charge on any atom is 0.315 e. The molecular formula is C17H26N2O2. The van der Waals surface area contributed by atoms with Crippen molar-refractivity contribution in [3.05, 3.63) is 28.8 Å². The molecule has 0 aromatic heterocycles. The summed E-state index contributed by atoms with van der Waals surface area (Å²) in [5, 5.41) is 5.86. The van der Waals surface area contributed by atoms with Crippen molar-refractivity contribution in [3.8, 4) is 5.75 Å². The first-order chi connectivity index (χ1) is 10.1. The summed E-state index contributed by atoms with van der Waals surface area (Å²) >= 11 is 0. The SMILES string of the molecule is Cc1cc(C)c(OCCNC(=O)NC2CCCC2)c(C)c1. The average Bonchev–Trinajstić information content (AvgIpc) is 2.89. The van der Waals surface area contributed by atoms with Crippen LogP contribution in [0.15, 0.2) is 12.1 Å². The molecule has 4 heteroatoms. The van der Waals surface area contributed by atoms with Crippen LogP contribution in [0.2, 0.25) is 0 Å². The summed E-state index contributed by atoms with van der Waals surface area (Å²) in [6.07, 6.45) is 4.65. The summed E-state index contributed by atoms with van der Waals surface area (Å²) in [6.45, 7) is 7.19. The lowest BCUT2D eigenvalue weighted by Gasteiger charge is -2.15. The van der Waals surface area contributed by atoms with E-state index in [2.05, 4.69) is 43.5 Å². The van der Waals surface area contributed by atoms with Gasteiger partial charge in [0.15, 0.2) is 0 Å². The van der Waals surface area contributed by atoms with Gasteiger partial charge in [-0.15, -0.1) is 0 Å². The largest absolute Gasteiger partial charge is 0.491 e. The molecule has 1 aromatic rings. The van der Waals surface area contributed by atoms with Crippen LogP contribution in [0.1, 0.15) is 42.4 Å². The van der Waals surface area contributed by atoms with E-state index < -0.39 is 0 Å². The van der Waals surface area contributed by atoms with Crippen molar-refractivity contribution in [1.82, 2.24) is 10.6 Å². The molecule has 4 nitrogen and oxygen atoms in total. The second-order valence-corrected chi connectivity index (χ2v) is 5.96. The van der Waals surface area contributed by atoms with Crippen LogP contribution >= 0.6 is 0 Å². The highest BCUT2D eigenvalue weighted by Gasteiger charge is 2.16. The number of ether oxygens (including phenoxy) is 1. The van der Waals surface area contributed by atoms with Crippen LogP contribution in [0, 0.1) is 20.8 Å². The number of carbonyl (C=O) groups is 1. The highest BCUT2D eigenvalue weighted by molar-refractivity contribution is 5.74. The van der Waals surface area contributed by atoms with Gasteiger partial charge in [0.1, 0.15) is 12.4 Å². The highest BCUT2D eigenvalue weighted by Crippen LogP contribution is 2.24. The third kappa shape index (κ3) is 4.66. The smallest absolute Gasteiger partial charge is 0.315 e. The Morgan fingerprint density at radius 1 is 1.19 bits per heavy atom. The summed E-state index contributed by atoms with van der Waals surface area (Å²) in [7, 11) is 0. The molecule has 2 rings (SSSR count). The number of rotatable bonds is 5. The molecule has 0 aliphatic heterocycles. The molecule has 0 radical (unpaired) electrons. The predicted octanol–water partition coefficient (Wildman–Crippen LogP) is 3.23. The van der Waals surface area contributed by atoms with E-state index in [4.69, 9.17) is 4.74 Å². The van der Waals surface area contributed by atoms with Gasteiger partial charge in [0.2, 0.25) is 0 Å². The maximum absolute atomic E-state index is 11.7. The quantitative estimate of drug-likeness (QED) is 0.818. The molecule has 2 N–H and O–H groups in total. The first-order valence-corrected chi connectivity index (χ1v) is 7.81. The molecule has 0 saturated heterocycles. The van der Waals surface area contributed by atoms with Crippen molar-refractivity contribution >= 4 is 6.03 Å². The van der Waals surface area contributed by atoms with Crippen LogP contribution in [-0.4, -0.2) is 25.2 Å².